The molecule has 0 atom stereocenters. The van der Waals surface area contributed by atoms with E-state index < -0.39 is 5.60 Å². The van der Waals surface area contributed by atoms with E-state index in [0.717, 1.165) is 22.9 Å². The first-order valence-corrected chi connectivity index (χ1v) is 5.14. The quantitative estimate of drug-likeness (QED) is 0.793. The third kappa shape index (κ3) is 1.72. The van der Waals surface area contributed by atoms with E-state index in [1.54, 1.807) is 24.7 Å². The maximum absolute atomic E-state index is 10.6. The molecule has 0 fully saturated rings. The molecule has 0 bridgehead atoms. The molecule has 16 heavy (non-hydrogen) atoms. The Bertz CT molecular complexity index is 523. The molecule has 1 heterocycles. The molecule has 84 valence electrons. The summed E-state index contributed by atoms with van der Waals surface area (Å²) in [5.74, 6) is 0. The highest BCUT2D eigenvalue weighted by atomic mass is 16.3. The molecule has 4 nitrogen and oxygen atoms in total. The van der Waals surface area contributed by atoms with Gasteiger partial charge in [0.1, 0.15) is 6.29 Å². The van der Waals surface area contributed by atoms with E-state index in [9.17, 15) is 9.90 Å². The van der Waals surface area contributed by atoms with Crippen molar-refractivity contribution >= 4 is 17.3 Å². The van der Waals surface area contributed by atoms with Gasteiger partial charge in [-0.25, -0.2) is 4.98 Å². The molecule has 0 saturated carbocycles. The normalized spacial score (nSPS) is 11.9. The van der Waals surface area contributed by atoms with Crippen molar-refractivity contribution in [1.29, 1.82) is 0 Å². The van der Waals surface area contributed by atoms with Crippen molar-refractivity contribution in [1.82, 2.24) is 9.55 Å². The van der Waals surface area contributed by atoms with Gasteiger partial charge in [-0.15, -0.1) is 0 Å². The zero-order valence-corrected chi connectivity index (χ0v) is 9.34. The van der Waals surface area contributed by atoms with Crippen LogP contribution in [0.3, 0.4) is 0 Å². The van der Waals surface area contributed by atoms with Gasteiger partial charge in [-0.05, 0) is 19.9 Å². The Morgan fingerprint density at radius 2 is 2.25 bits per heavy atom. The summed E-state index contributed by atoms with van der Waals surface area (Å²) in [6, 6.07) is 5.57. The standard InChI is InChI=1S/C12H14N2O2/c1-12(2,16)9-4-3-5-10-11(9)14(6-7-15)8-13-10/h3-5,7-8,16H,6H2,1-2H3. The van der Waals surface area contributed by atoms with E-state index in [1.165, 1.54) is 0 Å². The molecule has 0 amide bonds. The van der Waals surface area contributed by atoms with Crippen molar-refractivity contribution < 1.29 is 9.90 Å². The molecule has 1 N–H and O–H groups in total. The molecule has 0 aliphatic rings. The van der Waals surface area contributed by atoms with Crippen LogP contribution in [0.15, 0.2) is 24.5 Å². The topological polar surface area (TPSA) is 55.1 Å². The van der Waals surface area contributed by atoms with E-state index in [-0.39, 0.29) is 6.54 Å². The number of carbonyl (C=O) groups excluding carboxylic acids is 1. The van der Waals surface area contributed by atoms with Crippen molar-refractivity contribution in [3.63, 3.8) is 0 Å². The van der Waals surface area contributed by atoms with E-state index >= 15 is 0 Å². The molecule has 4 heteroatoms. The lowest BCUT2D eigenvalue weighted by atomic mass is 9.97. The number of fused-ring (bicyclic) bond motifs is 1. The number of hydrogen-bond donors (Lipinski definition) is 1. The minimum atomic E-state index is -0.944. The van der Waals surface area contributed by atoms with Gasteiger partial charge in [0.05, 0.1) is 29.5 Å². The number of aromatic nitrogens is 2. The summed E-state index contributed by atoms with van der Waals surface area (Å²) >= 11 is 0. The fourth-order valence-corrected chi connectivity index (χ4v) is 1.84. The van der Waals surface area contributed by atoms with E-state index in [4.69, 9.17) is 0 Å². The third-order valence-electron chi connectivity index (χ3n) is 2.57. The molecule has 0 unspecified atom stereocenters. The number of para-hydroxylation sites is 1. The summed E-state index contributed by atoms with van der Waals surface area (Å²) in [6.45, 7) is 3.70. The summed E-state index contributed by atoms with van der Waals surface area (Å²) in [5, 5.41) is 10.1. The molecule has 0 saturated heterocycles. The predicted molar refractivity (Wildman–Crippen MR) is 61.0 cm³/mol. The molecule has 0 spiro atoms. The second-order valence-corrected chi connectivity index (χ2v) is 4.30. The summed E-state index contributed by atoms with van der Waals surface area (Å²) in [4.78, 5) is 14.8. The Morgan fingerprint density at radius 3 is 2.88 bits per heavy atom. The van der Waals surface area contributed by atoms with Gasteiger partial charge in [0.25, 0.3) is 0 Å². The average Bonchev–Trinajstić information content (AvgIpc) is 2.61. The number of aldehydes is 1. The molecule has 1 aromatic carbocycles. The van der Waals surface area contributed by atoms with Gasteiger partial charge in [0.2, 0.25) is 0 Å². The molecule has 2 aromatic rings. The van der Waals surface area contributed by atoms with E-state index in [2.05, 4.69) is 4.98 Å². The summed E-state index contributed by atoms with van der Waals surface area (Å²) in [6.07, 6.45) is 2.44. The summed E-state index contributed by atoms with van der Waals surface area (Å²) in [5.41, 5.74) is 1.45. The van der Waals surface area contributed by atoms with Gasteiger partial charge in [-0.2, -0.15) is 0 Å². The van der Waals surface area contributed by atoms with Crippen LogP contribution >= 0.6 is 0 Å². The third-order valence-corrected chi connectivity index (χ3v) is 2.57. The van der Waals surface area contributed by atoms with E-state index in [1.807, 2.05) is 18.2 Å². The van der Waals surface area contributed by atoms with Gasteiger partial charge in [0, 0.05) is 5.56 Å². The minimum Gasteiger partial charge on any atom is -0.386 e. The van der Waals surface area contributed by atoms with Crippen LogP contribution in [0.2, 0.25) is 0 Å². The van der Waals surface area contributed by atoms with Crippen LogP contribution in [0, 0.1) is 0 Å². The fourth-order valence-electron chi connectivity index (χ4n) is 1.84. The van der Waals surface area contributed by atoms with Crippen molar-refractivity contribution in [2.75, 3.05) is 0 Å². The SMILES string of the molecule is CC(C)(O)c1cccc2ncn(CC=O)c12. The summed E-state index contributed by atoms with van der Waals surface area (Å²) in [7, 11) is 0. The molecule has 0 aliphatic carbocycles. The minimum absolute atomic E-state index is 0.254. The largest absolute Gasteiger partial charge is 0.386 e. The van der Waals surface area contributed by atoms with Crippen molar-refractivity contribution in [2.45, 2.75) is 26.0 Å². The molecular formula is C12H14N2O2. The Morgan fingerprint density at radius 1 is 1.50 bits per heavy atom. The van der Waals surface area contributed by atoms with Crippen LogP contribution in [0.25, 0.3) is 11.0 Å². The Balaban J connectivity index is 2.73. The van der Waals surface area contributed by atoms with Crippen LogP contribution in [-0.2, 0) is 16.9 Å². The summed E-state index contributed by atoms with van der Waals surface area (Å²) < 4.78 is 1.75. The lowest BCUT2D eigenvalue weighted by Crippen LogP contribution is -2.17. The number of benzene rings is 1. The van der Waals surface area contributed by atoms with Gasteiger partial charge in [-0.1, -0.05) is 12.1 Å². The monoisotopic (exact) mass is 218 g/mol. The van der Waals surface area contributed by atoms with Crippen molar-refractivity contribution in [2.24, 2.45) is 0 Å². The maximum Gasteiger partial charge on any atom is 0.139 e. The number of aliphatic hydroxyl groups is 1. The van der Waals surface area contributed by atoms with Gasteiger partial charge < -0.3 is 14.5 Å². The van der Waals surface area contributed by atoms with Gasteiger partial charge in [0.15, 0.2) is 0 Å². The Labute approximate surface area is 93.5 Å². The van der Waals surface area contributed by atoms with Crippen LogP contribution in [0.1, 0.15) is 19.4 Å². The van der Waals surface area contributed by atoms with Gasteiger partial charge >= 0.3 is 0 Å². The number of carbonyl (C=O) groups is 1. The molecule has 2 rings (SSSR count). The van der Waals surface area contributed by atoms with Crippen LogP contribution < -0.4 is 0 Å². The first-order chi connectivity index (χ1) is 7.54. The highest BCUT2D eigenvalue weighted by molar-refractivity contribution is 5.80. The lowest BCUT2D eigenvalue weighted by molar-refractivity contribution is -0.108. The predicted octanol–water partition coefficient (Wildman–Crippen LogP) is 1.46. The first kappa shape index (κ1) is 10.8. The van der Waals surface area contributed by atoms with Crippen LogP contribution in [0.4, 0.5) is 0 Å². The second-order valence-electron chi connectivity index (χ2n) is 4.30. The van der Waals surface area contributed by atoms with Crippen LogP contribution in [0.5, 0.6) is 0 Å². The lowest BCUT2D eigenvalue weighted by Gasteiger charge is -2.19. The highest BCUT2D eigenvalue weighted by Gasteiger charge is 2.21. The second kappa shape index (κ2) is 3.72. The average molecular weight is 218 g/mol. The fraction of sp³-hybridized carbons (Fsp3) is 0.333. The maximum atomic E-state index is 10.6. The molecule has 1 aromatic heterocycles. The van der Waals surface area contributed by atoms with Gasteiger partial charge in [-0.3, -0.25) is 0 Å². The Hall–Kier alpha value is -1.68. The molecule has 0 radical (unpaired) electrons. The molecular weight excluding hydrogens is 204 g/mol. The van der Waals surface area contributed by atoms with Crippen molar-refractivity contribution in [3.05, 3.63) is 30.1 Å². The number of imidazole rings is 1. The highest BCUT2D eigenvalue weighted by Crippen LogP contribution is 2.27. The van der Waals surface area contributed by atoms with Crippen LogP contribution in [-0.4, -0.2) is 20.9 Å². The zero-order chi connectivity index (χ0) is 11.8. The van der Waals surface area contributed by atoms with Crippen molar-refractivity contribution in [3.8, 4) is 0 Å². The number of hydrogen-bond acceptors (Lipinski definition) is 3. The zero-order valence-electron chi connectivity index (χ0n) is 9.34. The first-order valence-electron chi connectivity index (χ1n) is 5.14. The number of nitrogens with zero attached hydrogens (tertiary/aromatic N) is 2. The molecule has 0 aliphatic heterocycles. The van der Waals surface area contributed by atoms with E-state index in [0.29, 0.717) is 0 Å². The number of rotatable bonds is 3. The Kier molecular flexibility index (Phi) is 2.52. The smallest absolute Gasteiger partial charge is 0.139 e.